The van der Waals surface area contributed by atoms with Crippen LogP contribution >= 0.6 is 11.3 Å². The van der Waals surface area contributed by atoms with Crippen LogP contribution in [-0.4, -0.2) is 16.7 Å². The van der Waals surface area contributed by atoms with Gasteiger partial charge in [-0.05, 0) is 40.1 Å². The van der Waals surface area contributed by atoms with Gasteiger partial charge in [0, 0.05) is 12.1 Å². The van der Waals surface area contributed by atoms with Gasteiger partial charge in [-0.1, -0.05) is 48.5 Å². The van der Waals surface area contributed by atoms with E-state index < -0.39 is 11.9 Å². The van der Waals surface area contributed by atoms with E-state index in [1.807, 2.05) is 53.2 Å². The first-order valence-electron chi connectivity index (χ1n) is 7.88. The van der Waals surface area contributed by atoms with E-state index in [0.717, 1.165) is 5.56 Å². The summed E-state index contributed by atoms with van der Waals surface area (Å²) in [6.07, 6.45) is 0. The smallest absolute Gasteiger partial charge is 0.255 e. The Bertz CT molecular complexity index is 833. The molecule has 4 nitrogen and oxygen atoms in total. The van der Waals surface area contributed by atoms with Crippen LogP contribution in [0.2, 0.25) is 0 Å². The molecule has 0 saturated carbocycles. The van der Waals surface area contributed by atoms with Crippen LogP contribution in [0.3, 0.4) is 0 Å². The number of benzene rings is 2. The van der Waals surface area contributed by atoms with Gasteiger partial charge >= 0.3 is 0 Å². The second-order valence-corrected chi connectivity index (χ2v) is 6.43. The molecule has 0 spiro atoms. The molecule has 1 heterocycles. The molecule has 2 N–H and O–H groups in total. The van der Waals surface area contributed by atoms with E-state index in [0.29, 0.717) is 17.7 Å². The molecule has 0 bridgehead atoms. The fourth-order valence-electron chi connectivity index (χ4n) is 2.74. The second kappa shape index (κ2) is 7.77. The lowest BCUT2D eigenvalue weighted by molar-refractivity contribution is -0.122. The summed E-state index contributed by atoms with van der Waals surface area (Å²) in [4.78, 5) is 26.9. The number of amides is 2. The van der Waals surface area contributed by atoms with Crippen LogP contribution in [0, 0.1) is 0 Å². The first-order chi connectivity index (χ1) is 12.2. The number of carbonyl (C=O) groups is 2. The summed E-state index contributed by atoms with van der Waals surface area (Å²) in [6, 6.07) is 19.2. The van der Waals surface area contributed by atoms with E-state index in [2.05, 4.69) is 0 Å². The summed E-state index contributed by atoms with van der Waals surface area (Å²) in [5.74, 6) is -0.773. The Balaban J connectivity index is 2.02. The van der Waals surface area contributed by atoms with E-state index in [4.69, 9.17) is 5.73 Å². The molecule has 126 valence electrons. The molecule has 0 aliphatic rings. The lowest BCUT2D eigenvalue weighted by atomic mass is 10.0. The summed E-state index contributed by atoms with van der Waals surface area (Å²) in [5.41, 5.74) is 7.88. The molecule has 2 aromatic carbocycles. The van der Waals surface area contributed by atoms with Crippen LogP contribution in [0.4, 0.5) is 0 Å². The van der Waals surface area contributed by atoms with Crippen molar-refractivity contribution in [2.45, 2.75) is 12.6 Å². The SMILES string of the molecule is NC(=O)[C@@H](c1ccccc1)N(Cc1ccsc1)C(=O)c1ccccc1. The highest BCUT2D eigenvalue weighted by Gasteiger charge is 2.30. The molecule has 0 radical (unpaired) electrons. The summed E-state index contributed by atoms with van der Waals surface area (Å²) < 4.78 is 0. The van der Waals surface area contributed by atoms with Crippen LogP contribution in [0.1, 0.15) is 27.5 Å². The maximum Gasteiger partial charge on any atom is 0.255 e. The molecule has 1 aromatic heterocycles. The minimum absolute atomic E-state index is 0.223. The zero-order valence-electron chi connectivity index (χ0n) is 13.5. The summed E-state index contributed by atoms with van der Waals surface area (Å²) in [5, 5.41) is 3.91. The maximum absolute atomic E-state index is 13.1. The number of hydrogen-bond acceptors (Lipinski definition) is 3. The van der Waals surface area contributed by atoms with Crippen LogP contribution < -0.4 is 5.73 Å². The number of nitrogens with two attached hydrogens (primary N) is 1. The van der Waals surface area contributed by atoms with Gasteiger partial charge in [-0.15, -0.1) is 0 Å². The summed E-state index contributed by atoms with van der Waals surface area (Å²) in [7, 11) is 0. The third kappa shape index (κ3) is 3.95. The lowest BCUT2D eigenvalue weighted by Gasteiger charge is -2.30. The molecular weight excluding hydrogens is 332 g/mol. The van der Waals surface area contributed by atoms with Crippen molar-refractivity contribution in [2.75, 3.05) is 0 Å². The average molecular weight is 350 g/mol. The van der Waals surface area contributed by atoms with E-state index in [9.17, 15) is 9.59 Å². The van der Waals surface area contributed by atoms with E-state index in [-0.39, 0.29) is 5.91 Å². The average Bonchev–Trinajstić information content (AvgIpc) is 3.15. The number of carbonyl (C=O) groups excluding carboxylic acids is 2. The van der Waals surface area contributed by atoms with Gasteiger partial charge in [-0.25, -0.2) is 0 Å². The molecule has 1 atom stereocenters. The van der Waals surface area contributed by atoms with Gasteiger partial charge in [0.25, 0.3) is 5.91 Å². The molecule has 3 rings (SSSR count). The van der Waals surface area contributed by atoms with E-state index in [1.165, 1.54) is 4.90 Å². The van der Waals surface area contributed by atoms with Crippen LogP contribution in [0.25, 0.3) is 0 Å². The van der Waals surface area contributed by atoms with E-state index >= 15 is 0 Å². The zero-order valence-corrected chi connectivity index (χ0v) is 14.4. The van der Waals surface area contributed by atoms with Crippen molar-refractivity contribution in [2.24, 2.45) is 5.73 Å². The third-order valence-electron chi connectivity index (χ3n) is 3.91. The third-order valence-corrected chi connectivity index (χ3v) is 4.64. The predicted octanol–water partition coefficient (Wildman–Crippen LogP) is 3.62. The summed E-state index contributed by atoms with van der Waals surface area (Å²) in [6.45, 7) is 0.319. The minimum atomic E-state index is -0.825. The predicted molar refractivity (Wildman–Crippen MR) is 99.0 cm³/mol. The van der Waals surface area contributed by atoms with Gasteiger partial charge in [-0.3, -0.25) is 9.59 Å². The number of thiophene rings is 1. The highest BCUT2D eigenvalue weighted by atomic mass is 32.1. The van der Waals surface area contributed by atoms with Crippen molar-refractivity contribution in [1.29, 1.82) is 0 Å². The highest BCUT2D eigenvalue weighted by Crippen LogP contribution is 2.25. The van der Waals surface area contributed by atoms with Crippen LogP contribution in [0.15, 0.2) is 77.5 Å². The fourth-order valence-corrected chi connectivity index (χ4v) is 3.40. The summed E-state index contributed by atoms with van der Waals surface area (Å²) >= 11 is 1.55. The number of primary amides is 1. The van der Waals surface area contributed by atoms with Crippen molar-refractivity contribution in [3.63, 3.8) is 0 Å². The van der Waals surface area contributed by atoms with Gasteiger partial charge < -0.3 is 10.6 Å². The molecule has 3 aromatic rings. The molecule has 25 heavy (non-hydrogen) atoms. The Morgan fingerprint density at radius 1 is 0.960 bits per heavy atom. The lowest BCUT2D eigenvalue weighted by Crippen LogP contribution is -2.41. The second-order valence-electron chi connectivity index (χ2n) is 5.65. The molecule has 0 fully saturated rings. The molecule has 5 heteroatoms. The Kier molecular flexibility index (Phi) is 5.26. The minimum Gasteiger partial charge on any atom is -0.368 e. The number of rotatable bonds is 6. The highest BCUT2D eigenvalue weighted by molar-refractivity contribution is 7.07. The van der Waals surface area contributed by atoms with Crippen LogP contribution in [0.5, 0.6) is 0 Å². The Morgan fingerprint density at radius 2 is 1.60 bits per heavy atom. The van der Waals surface area contributed by atoms with Gasteiger partial charge in [-0.2, -0.15) is 11.3 Å². The van der Waals surface area contributed by atoms with Gasteiger partial charge in [0.2, 0.25) is 5.91 Å². The number of nitrogens with zero attached hydrogens (tertiary/aromatic N) is 1. The van der Waals surface area contributed by atoms with Gasteiger partial charge in [0.05, 0.1) is 0 Å². The molecule has 0 aliphatic heterocycles. The van der Waals surface area contributed by atoms with Crippen molar-refractivity contribution < 1.29 is 9.59 Å². The quantitative estimate of drug-likeness (QED) is 0.738. The fraction of sp³-hybridized carbons (Fsp3) is 0.100. The van der Waals surface area contributed by atoms with Crippen molar-refractivity contribution in [1.82, 2.24) is 4.90 Å². The van der Waals surface area contributed by atoms with Crippen molar-refractivity contribution in [3.8, 4) is 0 Å². The largest absolute Gasteiger partial charge is 0.368 e. The topological polar surface area (TPSA) is 63.4 Å². The molecule has 0 saturated heterocycles. The van der Waals surface area contributed by atoms with E-state index in [1.54, 1.807) is 35.6 Å². The molecular formula is C20H18N2O2S. The van der Waals surface area contributed by atoms with Crippen molar-refractivity contribution in [3.05, 3.63) is 94.2 Å². The molecule has 0 unspecified atom stereocenters. The molecule has 2 amide bonds. The number of hydrogen-bond donors (Lipinski definition) is 1. The Hall–Kier alpha value is -2.92. The Labute approximate surface area is 150 Å². The monoisotopic (exact) mass is 350 g/mol. The Morgan fingerprint density at radius 3 is 2.16 bits per heavy atom. The van der Waals surface area contributed by atoms with Gasteiger partial charge in [0.1, 0.15) is 6.04 Å². The van der Waals surface area contributed by atoms with Crippen molar-refractivity contribution >= 4 is 23.2 Å². The maximum atomic E-state index is 13.1. The van der Waals surface area contributed by atoms with Gasteiger partial charge in [0.15, 0.2) is 0 Å². The zero-order chi connectivity index (χ0) is 17.6. The molecule has 0 aliphatic carbocycles. The first kappa shape index (κ1) is 16.9. The first-order valence-corrected chi connectivity index (χ1v) is 8.82. The normalized spacial score (nSPS) is 11.7. The standard InChI is InChI=1S/C20H18N2O2S/c21-19(23)18(16-7-3-1-4-8-16)22(13-15-11-12-25-14-15)20(24)17-9-5-2-6-10-17/h1-12,14,18H,13H2,(H2,21,23)/t18-/m1/s1. The van der Waals surface area contributed by atoms with Crippen LogP contribution in [-0.2, 0) is 11.3 Å².